The van der Waals surface area contributed by atoms with Gasteiger partial charge in [-0.1, -0.05) is 24.3 Å². The smallest absolute Gasteiger partial charge is 0.182 e. The van der Waals surface area contributed by atoms with E-state index < -0.39 is 15.7 Å². The number of aryl methyl sites for hydroxylation is 1. The third-order valence-electron chi connectivity index (χ3n) is 3.16. The molecule has 0 fully saturated rings. The number of rotatable bonds is 4. The summed E-state index contributed by atoms with van der Waals surface area (Å²) in [6, 6.07) is 10.8. The van der Waals surface area contributed by atoms with E-state index in [0.717, 1.165) is 0 Å². The van der Waals surface area contributed by atoms with Gasteiger partial charge in [-0.25, -0.2) is 12.8 Å². The maximum absolute atomic E-state index is 13.1. The van der Waals surface area contributed by atoms with Crippen LogP contribution in [0.4, 0.5) is 4.39 Å². The Balaban J connectivity index is 2.41. The van der Waals surface area contributed by atoms with Gasteiger partial charge >= 0.3 is 0 Å². The van der Waals surface area contributed by atoms with E-state index in [0.29, 0.717) is 21.6 Å². The van der Waals surface area contributed by atoms with Gasteiger partial charge in [0.1, 0.15) is 5.82 Å². The van der Waals surface area contributed by atoms with Crippen LogP contribution in [-0.2, 0) is 22.1 Å². The van der Waals surface area contributed by atoms with Gasteiger partial charge in [0.25, 0.3) is 0 Å². The van der Waals surface area contributed by atoms with Crippen LogP contribution in [0.3, 0.4) is 0 Å². The van der Waals surface area contributed by atoms with Crippen molar-refractivity contribution in [1.29, 1.82) is 0 Å². The second-order valence-electron chi connectivity index (χ2n) is 4.64. The first-order valence-corrected chi connectivity index (χ1v) is 7.85. The van der Waals surface area contributed by atoms with Gasteiger partial charge in [-0.15, -0.1) is 0 Å². The fourth-order valence-corrected chi connectivity index (χ4v) is 3.80. The third kappa shape index (κ3) is 3.05. The molecule has 0 radical (unpaired) electrons. The summed E-state index contributed by atoms with van der Waals surface area (Å²) in [4.78, 5) is 0.298. The SMILES string of the molecule is Cc1ccccc1S(=O)(=O)Cc1ccc(F)cc1CN. The number of nitrogens with two attached hydrogens (primary N) is 1. The molecule has 106 valence electrons. The van der Waals surface area contributed by atoms with Gasteiger partial charge in [0.15, 0.2) is 9.84 Å². The second kappa shape index (κ2) is 5.73. The molecule has 0 unspecified atom stereocenters. The molecule has 2 aromatic carbocycles. The first-order valence-electron chi connectivity index (χ1n) is 6.20. The molecule has 0 saturated carbocycles. The molecule has 5 heteroatoms. The van der Waals surface area contributed by atoms with E-state index in [1.165, 1.54) is 18.2 Å². The summed E-state index contributed by atoms with van der Waals surface area (Å²) < 4.78 is 38.0. The highest BCUT2D eigenvalue weighted by molar-refractivity contribution is 7.90. The summed E-state index contributed by atoms with van der Waals surface area (Å²) >= 11 is 0. The fraction of sp³-hybridized carbons (Fsp3) is 0.200. The fourth-order valence-electron chi connectivity index (χ4n) is 2.11. The molecule has 0 heterocycles. The van der Waals surface area contributed by atoms with Crippen LogP contribution in [0.15, 0.2) is 47.4 Å². The zero-order valence-electron chi connectivity index (χ0n) is 11.1. The number of hydrogen-bond donors (Lipinski definition) is 1. The van der Waals surface area contributed by atoms with Crippen LogP contribution < -0.4 is 5.73 Å². The molecule has 0 saturated heterocycles. The molecule has 0 spiro atoms. The molecule has 20 heavy (non-hydrogen) atoms. The lowest BCUT2D eigenvalue weighted by Crippen LogP contribution is -2.10. The zero-order chi connectivity index (χ0) is 14.8. The van der Waals surface area contributed by atoms with Crippen molar-refractivity contribution in [2.24, 2.45) is 5.73 Å². The van der Waals surface area contributed by atoms with Crippen LogP contribution in [-0.4, -0.2) is 8.42 Å². The topological polar surface area (TPSA) is 60.2 Å². The Hall–Kier alpha value is -1.72. The molecule has 3 nitrogen and oxygen atoms in total. The Morgan fingerprint density at radius 3 is 2.45 bits per heavy atom. The van der Waals surface area contributed by atoms with E-state index in [9.17, 15) is 12.8 Å². The van der Waals surface area contributed by atoms with Gasteiger partial charge < -0.3 is 5.73 Å². The quantitative estimate of drug-likeness (QED) is 0.942. The Morgan fingerprint density at radius 1 is 1.10 bits per heavy atom. The van der Waals surface area contributed by atoms with Crippen LogP contribution in [0.1, 0.15) is 16.7 Å². The van der Waals surface area contributed by atoms with Gasteiger partial charge in [0, 0.05) is 6.54 Å². The highest BCUT2D eigenvalue weighted by Crippen LogP contribution is 2.22. The minimum absolute atomic E-state index is 0.108. The van der Waals surface area contributed by atoms with E-state index in [-0.39, 0.29) is 12.3 Å². The Labute approximate surface area is 118 Å². The molecule has 2 rings (SSSR count). The predicted molar refractivity (Wildman–Crippen MR) is 76.4 cm³/mol. The van der Waals surface area contributed by atoms with E-state index in [4.69, 9.17) is 5.73 Å². The number of hydrogen-bond acceptors (Lipinski definition) is 3. The summed E-state index contributed by atoms with van der Waals surface area (Å²) in [5, 5.41) is 0. The van der Waals surface area contributed by atoms with Crippen LogP contribution in [0.2, 0.25) is 0 Å². The van der Waals surface area contributed by atoms with Gasteiger partial charge in [0.05, 0.1) is 10.6 Å². The average Bonchev–Trinajstić information content (AvgIpc) is 2.41. The van der Waals surface area contributed by atoms with Crippen molar-refractivity contribution >= 4 is 9.84 Å². The molecule has 0 amide bonds. The van der Waals surface area contributed by atoms with Crippen molar-refractivity contribution in [3.63, 3.8) is 0 Å². The van der Waals surface area contributed by atoms with E-state index >= 15 is 0 Å². The Bertz CT molecular complexity index is 726. The molecule has 0 bridgehead atoms. The van der Waals surface area contributed by atoms with E-state index in [2.05, 4.69) is 0 Å². The van der Waals surface area contributed by atoms with Gasteiger partial charge in [0.2, 0.25) is 0 Å². The second-order valence-corrected chi connectivity index (χ2v) is 6.60. The molecule has 0 aliphatic rings. The van der Waals surface area contributed by atoms with Gasteiger partial charge in [-0.2, -0.15) is 0 Å². The monoisotopic (exact) mass is 293 g/mol. The maximum atomic E-state index is 13.1. The van der Waals surface area contributed by atoms with E-state index in [1.54, 1.807) is 31.2 Å². The van der Waals surface area contributed by atoms with Crippen LogP contribution >= 0.6 is 0 Å². The average molecular weight is 293 g/mol. The minimum atomic E-state index is -3.47. The number of benzene rings is 2. The number of halogens is 1. The lowest BCUT2D eigenvalue weighted by Gasteiger charge is -2.10. The standard InChI is InChI=1S/C15H16FNO2S/c1-11-4-2-3-5-15(11)20(18,19)10-12-6-7-14(16)8-13(12)9-17/h2-8H,9-10,17H2,1H3. The minimum Gasteiger partial charge on any atom is -0.326 e. The Morgan fingerprint density at radius 2 is 1.80 bits per heavy atom. The van der Waals surface area contributed by atoms with Crippen LogP contribution in [0, 0.1) is 12.7 Å². The van der Waals surface area contributed by atoms with Crippen molar-refractivity contribution in [2.45, 2.75) is 24.1 Å². The summed E-state index contributed by atoms with van der Waals surface area (Å²) in [6.45, 7) is 1.86. The summed E-state index contributed by atoms with van der Waals surface area (Å²) in [5.74, 6) is -0.590. The van der Waals surface area contributed by atoms with Gasteiger partial charge in [-0.05, 0) is 41.8 Å². The molecular weight excluding hydrogens is 277 g/mol. The van der Waals surface area contributed by atoms with Crippen molar-refractivity contribution < 1.29 is 12.8 Å². The molecule has 0 atom stereocenters. The summed E-state index contributed by atoms with van der Waals surface area (Å²) in [6.07, 6.45) is 0. The molecular formula is C15H16FNO2S. The number of sulfone groups is 1. The largest absolute Gasteiger partial charge is 0.326 e. The highest BCUT2D eigenvalue weighted by Gasteiger charge is 2.19. The first kappa shape index (κ1) is 14.7. The molecule has 0 aliphatic carbocycles. The van der Waals surface area contributed by atoms with Crippen molar-refractivity contribution in [2.75, 3.05) is 0 Å². The maximum Gasteiger partial charge on any atom is 0.182 e. The Kier molecular flexibility index (Phi) is 4.20. The molecule has 0 aliphatic heterocycles. The van der Waals surface area contributed by atoms with Crippen molar-refractivity contribution in [3.05, 3.63) is 65.0 Å². The van der Waals surface area contributed by atoms with E-state index in [1.807, 2.05) is 0 Å². The van der Waals surface area contributed by atoms with Gasteiger partial charge in [-0.3, -0.25) is 0 Å². The van der Waals surface area contributed by atoms with Crippen molar-refractivity contribution in [3.8, 4) is 0 Å². The lowest BCUT2D eigenvalue weighted by molar-refractivity contribution is 0.593. The molecule has 2 N–H and O–H groups in total. The van der Waals surface area contributed by atoms with Crippen LogP contribution in [0.25, 0.3) is 0 Å². The summed E-state index contributed by atoms with van der Waals surface area (Å²) in [7, 11) is -3.47. The molecule has 0 aromatic heterocycles. The normalized spacial score (nSPS) is 11.6. The summed E-state index contributed by atoms with van der Waals surface area (Å²) in [5.41, 5.74) is 7.30. The predicted octanol–water partition coefficient (Wildman–Crippen LogP) is 2.57. The van der Waals surface area contributed by atoms with Crippen LogP contribution in [0.5, 0.6) is 0 Å². The first-order chi connectivity index (χ1) is 9.44. The lowest BCUT2D eigenvalue weighted by atomic mass is 10.1. The zero-order valence-corrected chi connectivity index (χ0v) is 12.0. The third-order valence-corrected chi connectivity index (χ3v) is 4.98. The van der Waals surface area contributed by atoms with Crippen molar-refractivity contribution in [1.82, 2.24) is 0 Å². The highest BCUT2D eigenvalue weighted by atomic mass is 32.2. The molecule has 2 aromatic rings.